The lowest BCUT2D eigenvalue weighted by atomic mass is 10.2. The van der Waals surface area contributed by atoms with Crippen molar-refractivity contribution in [2.24, 2.45) is 0 Å². The Morgan fingerprint density at radius 2 is 2.23 bits per heavy atom. The zero-order valence-electron chi connectivity index (χ0n) is 12.4. The zero-order valence-corrected chi connectivity index (χ0v) is 12.4. The van der Waals surface area contributed by atoms with E-state index in [2.05, 4.69) is 10.2 Å². The highest BCUT2D eigenvalue weighted by atomic mass is 16.5. The molecule has 1 aromatic carbocycles. The molecule has 0 atom stereocenters. The Labute approximate surface area is 129 Å². The maximum absolute atomic E-state index is 12.1. The molecule has 1 saturated heterocycles. The van der Waals surface area contributed by atoms with Crippen molar-refractivity contribution in [3.05, 3.63) is 23.8 Å². The average Bonchev–Trinajstić information content (AvgIpc) is 2.55. The third-order valence-corrected chi connectivity index (χ3v) is 3.39. The van der Waals surface area contributed by atoms with Crippen LogP contribution in [-0.2, 0) is 4.74 Å². The second-order valence-corrected chi connectivity index (χ2v) is 4.91. The van der Waals surface area contributed by atoms with Crippen molar-refractivity contribution in [2.75, 3.05) is 51.7 Å². The van der Waals surface area contributed by atoms with Crippen molar-refractivity contribution in [3.63, 3.8) is 0 Å². The van der Waals surface area contributed by atoms with E-state index in [-0.39, 0.29) is 12.5 Å². The lowest BCUT2D eigenvalue weighted by Crippen LogP contribution is -2.41. The van der Waals surface area contributed by atoms with Crippen LogP contribution >= 0.6 is 0 Å². The molecule has 0 unspecified atom stereocenters. The SMILES string of the molecule is N#CCOc1cc(C(=O)NCCN2CCOCC2)ccc1N. The van der Waals surface area contributed by atoms with E-state index < -0.39 is 0 Å². The highest BCUT2D eigenvalue weighted by Crippen LogP contribution is 2.22. The fourth-order valence-corrected chi connectivity index (χ4v) is 2.17. The molecule has 1 aromatic rings. The Morgan fingerprint density at radius 1 is 1.45 bits per heavy atom. The largest absolute Gasteiger partial charge is 0.477 e. The highest BCUT2D eigenvalue weighted by Gasteiger charge is 2.12. The molecule has 1 aliphatic heterocycles. The topological polar surface area (TPSA) is 101 Å². The van der Waals surface area contributed by atoms with Gasteiger partial charge in [-0.15, -0.1) is 0 Å². The van der Waals surface area contributed by atoms with Gasteiger partial charge < -0.3 is 20.5 Å². The molecule has 7 nitrogen and oxygen atoms in total. The standard InChI is InChI=1S/C15H20N4O3/c16-3-8-22-14-11-12(1-2-13(14)17)15(20)18-4-5-19-6-9-21-10-7-19/h1-2,11H,4-10,17H2,(H,18,20). The number of nitrogen functional groups attached to an aromatic ring is 1. The summed E-state index contributed by atoms with van der Waals surface area (Å²) in [6.45, 7) is 4.52. The number of nitrogens with one attached hydrogen (secondary N) is 1. The molecular formula is C15H20N4O3. The van der Waals surface area contributed by atoms with E-state index in [1.54, 1.807) is 18.2 Å². The maximum atomic E-state index is 12.1. The van der Waals surface area contributed by atoms with E-state index in [1.807, 2.05) is 6.07 Å². The van der Waals surface area contributed by atoms with Crippen LogP contribution in [0.3, 0.4) is 0 Å². The maximum Gasteiger partial charge on any atom is 0.251 e. The van der Waals surface area contributed by atoms with Crippen molar-refractivity contribution < 1.29 is 14.3 Å². The minimum Gasteiger partial charge on any atom is -0.477 e. The van der Waals surface area contributed by atoms with Gasteiger partial charge in [0.15, 0.2) is 6.61 Å². The van der Waals surface area contributed by atoms with E-state index in [0.717, 1.165) is 32.8 Å². The van der Waals surface area contributed by atoms with Crippen LogP contribution in [0, 0.1) is 11.3 Å². The van der Waals surface area contributed by atoms with Crippen molar-refractivity contribution >= 4 is 11.6 Å². The summed E-state index contributed by atoms with van der Waals surface area (Å²) < 4.78 is 10.5. The number of ether oxygens (including phenoxy) is 2. The van der Waals surface area contributed by atoms with Crippen LogP contribution < -0.4 is 15.8 Å². The van der Waals surface area contributed by atoms with E-state index in [0.29, 0.717) is 23.5 Å². The van der Waals surface area contributed by atoms with Crippen molar-refractivity contribution in [1.82, 2.24) is 10.2 Å². The molecule has 2 rings (SSSR count). The first kappa shape index (κ1) is 16.1. The number of carbonyl (C=O) groups is 1. The average molecular weight is 304 g/mol. The van der Waals surface area contributed by atoms with Gasteiger partial charge in [0.05, 0.1) is 18.9 Å². The Morgan fingerprint density at radius 3 is 2.95 bits per heavy atom. The van der Waals surface area contributed by atoms with Crippen LogP contribution in [0.5, 0.6) is 5.75 Å². The van der Waals surface area contributed by atoms with Gasteiger partial charge in [0, 0.05) is 31.7 Å². The second kappa shape index (κ2) is 8.22. The lowest BCUT2D eigenvalue weighted by Gasteiger charge is -2.26. The molecule has 1 fully saturated rings. The van der Waals surface area contributed by atoms with Crippen LogP contribution in [0.15, 0.2) is 18.2 Å². The summed E-state index contributed by atoms with van der Waals surface area (Å²) in [5, 5.41) is 11.4. The molecule has 3 N–H and O–H groups in total. The molecule has 0 spiro atoms. The number of rotatable bonds is 6. The van der Waals surface area contributed by atoms with E-state index in [1.165, 1.54) is 0 Å². The predicted molar refractivity (Wildman–Crippen MR) is 81.6 cm³/mol. The number of carbonyl (C=O) groups excluding carboxylic acids is 1. The highest BCUT2D eigenvalue weighted by molar-refractivity contribution is 5.95. The Kier molecular flexibility index (Phi) is 6.01. The van der Waals surface area contributed by atoms with Crippen LogP contribution in [0.4, 0.5) is 5.69 Å². The summed E-state index contributed by atoms with van der Waals surface area (Å²) in [5.41, 5.74) is 6.61. The monoisotopic (exact) mass is 304 g/mol. The number of nitrogens with two attached hydrogens (primary N) is 1. The van der Waals surface area contributed by atoms with Crippen LogP contribution in [-0.4, -0.2) is 56.8 Å². The van der Waals surface area contributed by atoms with Gasteiger partial charge in [-0.1, -0.05) is 0 Å². The van der Waals surface area contributed by atoms with Gasteiger partial charge in [0.25, 0.3) is 5.91 Å². The fraction of sp³-hybridized carbons (Fsp3) is 0.467. The normalized spacial score (nSPS) is 15.0. The molecule has 118 valence electrons. The molecule has 1 aliphatic rings. The van der Waals surface area contributed by atoms with Gasteiger partial charge in [-0.3, -0.25) is 9.69 Å². The molecule has 7 heteroatoms. The second-order valence-electron chi connectivity index (χ2n) is 4.91. The number of benzene rings is 1. The Bertz CT molecular complexity index is 550. The number of morpholine rings is 1. The summed E-state index contributed by atoms with van der Waals surface area (Å²) in [4.78, 5) is 14.4. The number of amides is 1. The van der Waals surface area contributed by atoms with Gasteiger partial charge in [0.2, 0.25) is 0 Å². The number of nitriles is 1. The smallest absolute Gasteiger partial charge is 0.251 e. The molecule has 1 amide bonds. The number of hydrogen-bond donors (Lipinski definition) is 2. The van der Waals surface area contributed by atoms with Crippen molar-refractivity contribution in [2.45, 2.75) is 0 Å². The molecule has 1 heterocycles. The van der Waals surface area contributed by atoms with E-state index in [4.69, 9.17) is 20.5 Å². The minimum absolute atomic E-state index is 0.105. The van der Waals surface area contributed by atoms with E-state index >= 15 is 0 Å². The van der Waals surface area contributed by atoms with Gasteiger partial charge in [0.1, 0.15) is 11.8 Å². The van der Waals surface area contributed by atoms with Gasteiger partial charge in [-0.05, 0) is 18.2 Å². The quantitative estimate of drug-likeness (QED) is 0.730. The third kappa shape index (κ3) is 4.62. The van der Waals surface area contributed by atoms with Crippen LogP contribution in [0.25, 0.3) is 0 Å². The first-order valence-electron chi connectivity index (χ1n) is 7.18. The molecule has 0 aliphatic carbocycles. The van der Waals surface area contributed by atoms with Crippen LogP contribution in [0.1, 0.15) is 10.4 Å². The van der Waals surface area contributed by atoms with Crippen LogP contribution in [0.2, 0.25) is 0 Å². The Balaban J connectivity index is 1.85. The predicted octanol–water partition coefficient (Wildman–Crippen LogP) is 0.233. The number of hydrogen-bond acceptors (Lipinski definition) is 6. The minimum atomic E-state index is -0.185. The van der Waals surface area contributed by atoms with Gasteiger partial charge in [-0.2, -0.15) is 5.26 Å². The summed E-state index contributed by atoms with van der Waals surface area (Å²) in [6.07, 6.45) is 0. The molecule has 0 bridgehead atoms. The summed E-state index contributed by atoms with van der Waals surface area (Å²) in [6, 6.07) is 6.66. The van der Waals surface area contributed by atoms with Crippen molar-refractivity contribution in [1.29, 1.82) is 5.26 Å². The zero-order chi connectivity index (χ0) is 15.8. The molecule has 0 aromatic heterocycles. The van der Waals surface area contributed by atoms with Gasteiger partial charge >= 0.3 is 0 Å². The lowest BCUT2D eigenvalue weighted by molar-refractivity contribution is 0.0383. The number of anilines is 1. The Hall–Kier alpha value is -2.30. The van der Waals surface area contributed by atoms with Crippen molar-refractivity contribution in [3.8, 4) is 11.8 Å². The molecule has 0 saturated carbocycles. The summed E-state index contributed by atoms with van der Waals surface area (Å²) in [5.74, 6) is 0.164. The molecule has 22 heavy (non-hydrogen) atoms. The summed E-state index contributed by atoms with van der Waals surface area (Å²) >= 11 is 0. The first-order chi connectivity index (χ1) is 10.7. The first-order valence-corrected chi connectivity index (χ1v) is 7.18. The van der Waals surface area contributed by atoms with E-state index in [9.17, 15) is 4.79 Å². The fourth-order valence-electron chi connectivity index (χ4n) is 2.17. The third-order valence-electron chi connectivity index (χ3n) is 3.39. The molecule has 0 radical (unpaired) electrons. The van der Waals surface area contributed by atoms with Gasteiger partial charge in [-0.25, -0.2) is 0 Å². The summed E-state index contributed by atoms with van der Waals surface area (Å²) in [7, 11) is 0. The molecular weight excluding hydrogens is 284 g/mol. The number of nitrogens with zero attached hydrogens (tertiary/aromatic N) is 2.